The Morgan fingerprint density at radius 3 is 3.09 bits per heavy atom. The van der Waals surface area contributed by atoms with Gasteiger partial charge in [0.15, 0.2) is 0 Å². The highest BCUT2D eigenvalue weighted by Crippen LogP contribution is 2.35. The van der Waals surface area contributed by atoms with Gasteiger partial charge in [-0.3, -0.25) is 14.0 Å². The molecule has 6 nitrogen and oxygen atoms in total. The lowest BCUT2D eigenvalue weighted by Gasteiger charge is -2.18. The quantitative estimate of drug-likeness (QED) is 0.740. The van der Waals surface area contributed by atoms with Gasteiger partial charge in [-0.25, -0.2) is 9.97 Å². The van der Waals surface area contributed by atoms with E-state index in [1.807, 2.05) is 6.92 Å². The molecule has 1 aliphatic rings. The van der Waals surface area contributed by atoms with Gasteiger partial charge in [0.2, 0.25) is 0 Å². The van der Waals surface area contributed by atoms with Crippen LogP contribution in [0.15, 0.2) is 23.8 Å². The molecule has 0 saturated carbocycles. The Hall–Kier alpha value is -2.02. The van der Waals surface area contributed by atoms with Crippen LogP contribution in [0.3, 0.4) is 0 Å². The molecule has 0 aliphatic heterocycles. The lowest BCUT2D eigenvalue weighted by Crippen LogP contribution is -2.27. The summed E-state index contributed by atoms with van der Waals surface area (Å²) in [6.45, 7) is 4.90. The Morgan fingerprint density at radius 2 is 2.30 bits per heavy atom. The first-order chi connectivity index (χ1) is 11.1. The van der Waals surface area contributed by atoms with E-state index in [0.717, 1.165) is 29.5 Å². The fraction of sp³-hybridized carbons (Fsp3) is 0.500. The van der Waals surface area contributed by atoms with Crippen molar-refractivity contribution in [3.8, 4) is 0 Å². The molecule has 0 aromatic carbocycles. The summed E-state index contributed by atoms with van der Waals surface area (Å²) in [6.07, 6.45) is 8.08. The van der Waals surface area contributed by atoms with Gasteiger partial charge in [0.25, 0.3) is 5.56 Å². The lowest BCUT2D eigenvalue weighted by atomic mass is 9.89. The van der Waals surface area contributed by atoms with Crippen molar-refractivity contribution < 1.29 is 0 Å². The second-order valence-corrected chi connectivity index (χ2v) is 7.54. The van der Waals surface area contributed by atoms with Crippen LogP contribution in [-0.2, 0) is 19.4 Å². The Balaban J connectivity index is 1.77. The zero-order valence-corrected chi connectivity index (χ0v) is 14.1. The molecule has 0 unspecified atom stereocenters. The summed E-state index contributed by atoms with van der Waals surface area (Å²) in [7, 11) is 0. The molecule has 0 fully saturated rings. The number of hydrogen-bond acceptors (Lipinski definition) is 5. The van der Waals surface area contributed by atoms with Gasteiger partial charge in [-0.1, -0.05) is 6.92 Å². The summed E-state index contributed by atoms with van der Waals surface area (Å²) in [6, 6.07) is -0.0147. The van der Waals surface area contributed by atoms with E-state index >= 15 is 0 Å². The van der Waals surface area contributed by atoms with Crippen molar-refractivity contribution in [2.24, 2.45) is 5.92 Å². The molecule has 23 heavy (non-hydrogen) atoms. The van der Waals surface area contributed by atoms with Crippen LogP contribution in [0, 0.1) is 5.92 Å². The molecule has 7 heteroatoms. The van der Waals surface area contributed by atoms with Crippen LogP contribution in [0.5, 0.6) is 0 Å². The molecule has 4 rings (SSSR count). The zero-order valence-electron chi connectivity index (χ0n) is 13.3. The average molecular weight is 329 g/mol. The van der Waals surface area contributed by atoms with Crippen molar-refractivity contribution in [3.05, 3.63) is 39.8 Å². The van der Waals surface area contributed by atoms with Crippen molar-refractivity contribution in [3.63, 3.8) is 0 Å². The second kappa shape index (κ2) is 5.56. The third-order valence-electron chi connectivity index (χ3n) is 4.63. The first kappa shape index (κ1) is 14.6. The maximum absolute atomic E-state index is 13.0. The zero-order chi connectivity index (χ0) is 16.0. The first-order valence-electron chi connectivity index (χ1n) is 7.97. The molecule has 0 spiro atoms. The van der Waals surface area contributed by atoms with E-state index in [2.05, 4.69) is 22.0 Å². The van der Waals surface area contributed by atoms with E-state index in [1.165, 1.54) is 16.8 Å². The van der Waals surface area contributed by atoms with Gasteiger partial charge in [0, 0.05) is 4.88 Å². The normalized spacial score (nSPS) is 19.0. The predicted molar refractivity (Wildman–Crippen MR) is 89.8 cm³/mol. The minimum Gasteiger partial charge on any atom is -0.294 e. The standard InChI is InChI=1S/C16H19N5OS/c1-10-3-4-12-13(5-10)23-15-14(12)16(22)21(9-18-15)11(2)6-20-8-17-7-19-20/h7-11H,3-6H2,1-2H3/t10-,11-/m1/s1. The van der Waals surface area contributed by atoms with Crippen molar-refractivity contribution >= 4 is 21.6 Å². The number of nitrogens with zero attached hydrogens (tertiary/aromatic N) is 5. The van der Waals surface area contributed by atoms with Crippen LogP contribution in [0.2, 0.25) is 0 Å². The van der Waals surface area contributed by atoms with Crippen LogP contribution < -0.4 is 5.56 Å². The predicted octanol–water partition coefficient (Wildman–Crippen LogP) is 2.44. The summed E-state index contributed by atoms with van der Waals surface area (Å²) in [4.78, 5) is 23.7. The van der Waals surface area contributed by atoms with E-state index < -0.39 is 0 Å². The van der Waals surface area contributed by atoms with Gasteiger partial charge in [0.1, 0.15) is 17.5 Å². The molecule has 0 saturated heterocycles. The molecule has 120 valence electrons. The molecule has 0 radical (unpaired) electrons. The number of thiophene rings is 1. The van der Waals surface area contributed by atoms with Gasteiger partial charge in [-0.05, 0) is 37.7 Å². The van der Waals surface area contributed by atoms with Gasteiger partial charge in [0.05, 0.1) is 24.3 Å². The topological polar surface area (TPSA) is 65.6 Å². The molecular weight excluding hydrogens is 310 g/mol. The van der Waals surface area contributed by atoms with E-state index in [1.54, 1.807) is 33.2 Å². The Labute approximate surface area is 137 Å². The highest BCUT2D eigenvalue weighted by molar-refractivity contribution is 7.18. The average Bonchev–Trinajstić information content (AvgIpc) is 3.14. The summed E-state index contributed by atoms with van der Waals surface area (Å²) in [5.74, 6) is 0.698. The molecule has 3 aromatic heterocycles. The molecular formula is C16H19N5OS. The van der Waals surface area contributed by atoms with E-state index in [-0.39, 0.29) is 11.6 Å². The molecule has 0 N–H and O–H groups in total. The van der Waals surface area contributed by atoms with E-state index in [0.29, 0.717) is 12.5 Å². The van der Waals surface area contributed by atoms with Crippen molar-refractivity contribution in [2.45, 2.75) is 45.7 Å². The summed E-state index contributed by atoms with van der Waals surface area (Å²) in [5, 5.41) is 4.95. The van der Waals surface area contributed by atoms with Gasteiger partial charge >= 0.3 is 0 Å². The Morgan fingerprint density at radius 1 is 1.43 bits per heavy atom. The van der Waals surface area contributed by atoms with E-state index in [4.69, 9.17) is 0 Å². The van der Waals surface area contributed by atoms with Crippen molar-refractivity contribution in [1.29, 1.82) is 0 Å². The maximum atomic E-state index is 13.0. The highest BCUT2D eigenvalue weighted by Gasteiger charge is 2.23. The number of aromatic nitrogens is 5. The second-order valence-electron chi connectivity index (χ2n) is 6.46. The lowest BCUT2D eigenvalue weighted by molar-refractivity contribution is 0.425. The molecule has 3 heterocycles. The minimum absolute atomic E-state index is 0.0147. The fourth-order valence-electron chi connectivity index (χ4n) is 3.34. The summed E-state index contributed by atoms with van der Waals surface area (Å²) >= 11 is 1.69. The first-order valence-corrected chi connectivity index (χ1v) is 8.79. The summed E-state index contributed by atoms with van der Waals surface area (Å²) in [5.41, 5.74) is 1.32. The smallest absolute Gasteiger partial charge is 0.262 e. The molecule has 1 aliphatic carbocycles. The maximum Gasteiger partial charge on any atom is 0.262 e. The van der Waals surface area contributed by atoms with Gasteiger partial charge in [-0.15, -0.1) is 11.3 Å². The third-order valence-corrected chi connectivity index (χ3v) is 5.80. The number of rotatable bonds is 3. The van der Waals surface area contributed by atoms with Crippen LogP contribution in [-0.4, -0.2) is 24.3 Å². The SMILES string of the molecule is C[C@@H]1CCc2c(sc3ncn([C@H](C)Cn4cncn4)c(=O)c23)C1. The minimum atomic E-state index is -0.0147. The van der Waals surface area contributed by atoms with Gasteiger partial charge in [-0.2, -0.15) is 5.10 Å². The third kappa shape index (κ3) is 2.49. The molecule has 0 bridgehead atoms. The number of fused-ring (bicyclic) bond motifs is 3. The summed E-state index contributed by atoms with van der Waals surface area (Å²) < 4.78 is 3.47. The van der Waals surface area contributed by atoms with E-state index in [9.17, 15) is 4.79 Å². The molecule has 0 amide bonds. The number of aryl methyl sites for hydroxylation is 1. The Bertz CT molecular complexity index is 895. The molecule has 2 atom stereocenters. The fourth-order valence-corrected chi connectivity index (χ4v) is 4.68. The highest BCUT2D eigenvalue weighted by atomic mass is 32.1. The Kier molecular flexibility index (Phi) is 3.52. The van der Waals surface area contributed by atoms with Crippen LogP contribution >= 0.6 is 11.3 Å². The van der Waals surface area contributed by atoms with Crippen LogP contribution in [0.25, 0.3) is 10.2 Å². The van der Waals surface area contributed by atoms with Crippen LogP contribution in [0.1, 0.15) is 36.8 Å². The largest absolute Gasteiger partial charge is 0.294 e. The molecule has 3 aromatic rings. The van der Waals surface area contributed by atoms with Crippen LogP contribution in [0.4, 0.5) is 0 Å². The van der Waals surface area contributed by atoms with Gasteiger partial charge < -0.3 is 0 Å². The number of hydrogen-bond donors (Lipinski definition) is 0. The van der Waals surface area contributed by atoms with Crippen molar-refractivity contribution in [1.82, 2.24) is 24.3 Å². The van der Waals surface area contributed by atoms with Crippen molar-refractivity contribution in [2.75, 3.05) is 0 Å². The monoisotopic (exact) mass is 329 g/mol.